The average molecular weight is 459 g/mol. The van der Waals surface area contributed by atoms with Crippen LogP contribution in [0.25, 0.3) is 0 Å². The number of hydrogen-bond donors (Lipinski definition) is 2. The van der Waals surface area contributed by atoms with Gasteiger partial charge < -0.3 is 19.5 Å². The van der Waals surface area contributed by atoms with E-state index in [9.17, 15) is 14.7 Å². The Balaban J connectivity index is 0.000000357. The van der Waals surface area contributed by atoms with Gasteiger partial charge in [0.2, 0.25) is 0 Å². The van der Waals surface area contributed by atoms with Crippen LogP contribution < -0.4 is 15.4 Å². The molecule has 0 spiro atoms. The van der Waals surface area contributed by atoms with E-state index in [1.807, 2.05) is 44.2 Å². The highest BCUT2D eigenvalue weighted by Crippen LogP contribution is 2.36. The first-order valence-electron chi connectivity index (χ1n) is 11.1. The fraction of sp³-hybridized carbons (Fsp3) is 0.440. The molecule has 33 heavy (non-hydrogen) atoms. The molecule has 0 radical (unpaired) electrons. The van der Waals surface area contributed by atoms with Crippen LogP contribution in [0.2, 0.25) is 0 Å². The number of nitrogens with two attached hydrogens (primary N) is 1. The summed E-state index contributed by atoms with van der Waals surface area (Å²) in [6, 6.07) is 12.5. The molecule has 3 rings (SSSR count). The second kappa shape index (κ2) is 12.8. The molecule has 0 aliphatic carbocycles. The van der Waals surface area contributed by atoms with Crippen LogP contribution in [0.4, 0.5) is 0 Å². The molecule has 2 unspecified atom stereocenters. The Morgan fingerprint density at radius 1 is 1.12 bits per heavy atom. The van der Waals surface area contributed by atoms with Crippen molar-refractivity contribution in [2.45, 2.75) is 45.8 Å². The maximum atomic E-state index is 12.8. The lowest BCUT2D eigenvalue weighted by atomic mass is 9.85. The predicted octanol–water partition coefficient (Wildman–Crippen LogP) is 3.67. The van der Waals surface area contributed by atoms with Crippen molar-refractivity contribution in [1.82, 2.24) is 4.90 Å². The minimum absolute atomic E-state index is 0.0155. The topological polar surface area (TPSA) is 111 Å². The predicted molar refractivity (Wildman–Crippen MR) is 125 cm³/mol. The Morgan fingerprint density at radius 3 is 2.33 bits per heavy atom. The Bertz CT molecular complexity index is 919. The minimum atomic E-state index is -0.948. The van der Waals surface area contributed by atoms with E-state index in [-0.39, 0.29) is 11.8 Å². The average Bonchev–Trinajstić information content (AvgIpc) is 2.79. The second-order valence-corrected chi connectivity index (χ2v) is 7.83. The summed E-state index contributed by atoms with van der Waals surface area (Å²) in [6.07, 6.45) is 2.39. The molecule has 1 amide bonds. The number of likely N-dealkylation sites (tertiary alicyclic amines) is 1. The lowest BCUT2D eigenvalue weighted by Gasteiger charge is -2.45. The fourth-order valence-electron chi connectivity index (χ4n) is 3.94. The molecule has 180 valence electrons. The van der Waals surface area contributed by atoms with Gasteiger partial charge in [-0.1, -0.05) is 50.6 Å². The van der Waals surface area contributed by atoms with Crippen molar-refractivity contribution in [3.05, 3.63) is 59.2 Å². The Kier molecular flexibility index (Phi) is 10.2. The number of hydrogen-bond acceptors (Lipinski definition) is 6. The molecule has 1 saturated heterocycles. The zero-order valence-electron chi connectivity index (χ0n) is 19.7. The van der Waals surface area contributed by atoms with Gasteiger partial charge >= 0.3 is 5.97 Å². The highest BCUT2D eigenvalue weighted by atomic mass is 16.6. The van der Waals surface area contributed by atoms with E-state index in [0.717, 1.165) is 30.4 Å². The van der Waals surface area contributed by atoms with Crippen LogP contribution in [0.5, 0.6) is 11.5 Å². The number of aryl methyl sites for hydroxylation is 1. The third kappa shape index (κ3) is 6.46. The number of benzene rings is 2. The number of carboxylic acids is 1. The maximum absolute atomic E-state index is 12.8. The quantitative estimate of drug-likeness (QED) is 0.552. The summed E-state index contributed by atoms with van der Waals surface area (Å²) in [5.41, 5.74) is 2.43. The highest BCUT2D eigenvalue weighted by molar-refractivity contribution is 5.98. The van der Waals surface area contributed by atoms with Crippen molar-refractivity contribution in [1.29, 1.82) is 0 Å². The maximum Gasteiger partial charge on any atom is 0.326 e. The second-order valence-electron chi connectivity index (χ2n) is 7.83. The van der Waals surface area contributed by atoms with Crippen molar-refractivity contribution in [2.24, 2.45) is 11.8 Å². The first-order valence-corrected chi connectivity index (χ1v) is 11.1. The Morgan fingerprint density at radius 2 is 1.82 bits per heavy atom. The highest BCUT2D eigenvalue weighted by Gasteiger charge is 2.45. The molecule has 0 aromatic heterocycles. The SMILES string of the molecule is CCCc1cc(C(=O)N2CC(CC)C2C(=O)O)cc(OC)c1OC.NOCc1ccccc1. The molecule has 1 fully saturated rings. The van der Waals surface area contributed by atoms with Gasteiger partial charge in [-0.25, -0.2) is 10.7 Å². The van der Waals surface area contributed by atoms with Crippen LogP contribution in [-0.4, -0.2) is 48.7 Å². The summed E-state index contributed by atoms with van der Waals surface area (Å²) in [7, 11) is 3.10. The summed E-state index contributed by atoms with van der Waals surface area (Å²) in [5, 5.41) is 9.38. The number of amides is 1. The van der Waals surface area contributed by atoms with Gasteiger partial charge in [0, 0.05) is 18.0 Å². The number of carbonyl (C=O) groups excluding carboxylic acids is 1. The monoisotopic (exact) mass is 458 g/mol. The smallest absolute Gasteiger partial charge is 0.326 e. The molecular weight excluding hydrogens is 424 g/mol. The van der Waals surface area contributed by atoms with Crippen molar-refractivity contribution in [2.75, 3.05) is 20.8 Å². The Hall–Kier alpha value is -3.10. The lowest BCUT2D eigenvalue weighted by Crippen LogP contribution is -2.62. The third-order valence-electron chi connectivity index (χ3n) is 5.67. The molecule has 2 atom stereocenters. The molecule has 3 N–H and O–H groups in total. The number of methoxy groups -OCH3 is 2. The first kappa shape index (κ1) is 26.2. The summed E-state index contributed by atoms with van der Waals surface area (Å²) in [6.45, 7) is 4.95. The van der Waals surface area contributed by atoms with Crippen LogP contribution in [0, 0.1) is 5.92 Å². The van der Waals surface area contributed by atoms with Crippen LogP contribution in [0.1, 0.15) is 48.2 Å². The van der Waals surface area contributed by atoms with E-state index in [2.05, 4.69) is 4.84 Å². The van der Waals surface area contributed by atoms with Crippen molar-refractivity contribution < 1.29 is 29.0 Å². The van der Waals surface area contributed by atoms with Crippen molar-refractivity contribution in [3.63, 3.8) is 0 Å². The summed E-state index contributed by atoms with van der Waals surface area (Å²) < 4.78 is 10.8. The number of rotatable bonds is 9. The molecule has 1 aliphatic heterocycles. The van der Waals surface area contributed by atoms with E-state index >= 15 is 0 Å². The van der Waals surface area contributed by atoms with Gasteiger partial charge in [-0.2, -0.15) is 0 Å². The zero-order chi connectivity index (χ0) is 24.4. The van der Waals surface area contributed by atoms with Crippen LogP contribution in [0.3, 0.4) is 0 Å². The van der Waals surface area contributed by atoms with Gasteiger partial charge in [-0.05, 0) is 36.1 Å². The van der Waals surface area contributed by atoms with Gasteiger partial charge in [0.05, 0.1) is 20.8 Å². The number of aliphatic carboxylic acids is 1. The molecule has 0 bridgehead atoms. The Labute approximate surface area is 195 Å². The number of carbonyl (C=O) groups is 2. The summed E-state index contributed by atoms with van der Waals surface area (Å²) in [5.74, 6) is 4.77. The molecule has 8 nitrogen and oxygen atoms in total. The van der Waals surface area contributed by atoms with E-state index in [1.165, 1.54) is 12.0 Å². The van der Waals surface area contributed by atoms with Gasteiger partial charge in [0.25, 0.3) is 5.91 Å². The fourth-order valence-corrected chi connectivity index (χ4v) is 3.94. The number of nitrogens with zero attached hydrogens (tertiary/aromatic N) is 1. The van der Waals surface area contributed by atoms with Crippen LogP contribution in [0.15, 0.2) is 42.5 Å². The lowest BCUT2D eigenvalue weighted by molar-refractivity contribution is -0.150. The molecule has 1 aliphatic rings. The van der Waals surface area contributed by atoms with Gasteiger partial charge in [-0.15, -0.1) is 0 Å². The zero-order valence-corrected chi connectivity index (χ0v) is 19.7. The van der Waals surface area contributed by atoms with E-state index in [1.54, 1.807) is 19.2 Å². The van der Waals surface area contributed by atoms with Crippen LogP contribution in [-0.2, 0) is 22.7 Å². The van der Waals surface area contributed by atoms with Crippen LogP contribution >= 0.6 is 0 Å². The molecule has 1 heterocycles. The van der Waals surface area contributed by atoms with Crippen molar-refractivity contribution in [3.8, 4) is 11.5 Å². The summed E-state index contributed by atoms with van der Waals surface area (Å²) >= 11 is 0. The summed E-state index contributed by atoms with van der Waals surface area (Å²) in [4.78, 5) is 30.1. The van der Waals surface area contributed by atoms with Gasteiger partial charge in [0.15, 0.2) is 11.5 Å². The third-order valence-corrected chi connectivity index (χ3v) is 5.67. The van der Waals surface area contributed by atoms with Gasteiger partial charge in [0.1, 0.15) is 6.04 Å². The largest absolute Gasteiger partial charge is 0.493 e. The first-order chi connectivity index (χ1) is 15.9. The molecule has 2 aromatic carbocycles. The molecule has 0 saturated carbocycles. The molecule has 8 heteroatoms. The normalized spacial score (nSPS) is 16.8. The number of ether oxygens (including phenoxy) is 2. The van der Waals surface area contributed by atoms with E-state index in [0.29, 0.717) is 30.2 Å². The molecule has 2 aromatic rings. The van der Waals surface area contributed by atoms with Crippen molar-refractivity contribution >= 4 is 11.9 Å². The number of carboxylic acid groups (broad SMARTS) is 1. The molecular formula is C25H34N2O6. The van der Waals surface area contributed by atoms with Gasteiger partial charge in [-0.3, -0.25) is 9.63 Å². The standard InChI is InChI=1S/C18H25NO5.C7H9NO/c1-5-7-12-8-13(9-14(23-3)16(12)24-4)17(20)19-10-11(6-2)15(19)18(21)22;8-9-6-7-4-2-1-3-5-7/h8-9,11,15H,5-7,10H2,1-4H3,(H,21,22);1-5H,6,8H2. The van der Waals surface area contributed by atoms with E-state index in [4.69, 9.17) is 15.4 Å². The van der Waals surface area contributed by atoms with E-state index < -0.39 is 12.0 Å². The minimum Gasteiger partial charge on any atom is -0.493 e.